The molecule has 0 radical (unpaired) electrons. The minimum Gasteiger partial charge on any atom is -0.494 e. The van der Waals surface area contributed by atoms with Gasteiger partial charge in [0.1, 0.15) is 5.75 Å². The molecule has 0 fully saturated rings. The maximum atomic E-state index is 12.2. The van der Waals surface area contributed by atoms with E-state index in [-0.39, 0.29) is 12.5 Å². The van der Waals surface area contributed by atoms with Crippen molar-refractivity contribution in [2.24, 2.45) is 0 Å². The Hall–Kier alpha value is -0.890. The molecule has 1 amide bonds. The highest BCUT2D eigenvalue weighted by molar-refractivity contribution is 9.12. The lowest BCUT2D eigenvalue weighted by molar-refractivity contribution is 0.102. The topological polar surface area (TPSA) is 58.6 Å². The molecule has 0 aliphatic rings. The van der Waals surface area contributed by atoms with E-state index in [9.17, 15) is 9.90 Å². The number of ether oxygens (including phenoxy) is 1. The van der Waals surface area contributed by atoms with E-state index in [0.29, 0.717) is 29.2 Å². The number of amides is 1. The average molecular weight is 435 g/mol. The zero-order valence-electron chi connectivity index (χ0n) is 11.2. The van der Waals surface area contributed by atoms with Crippen LogP contribution in [0.3, 0.4) is 0 Å². The van der Waals surface area contributed by atoms with Crippen LogP contribution in [0.15, 0.2) is 31.8 Å². The fraction of sp³-hybridized carbons (Fsp3) is 0.214. The first-order chi connectivity index (χ1) is 10.0. The second kappa shape index (κ2) is 7.40. The van der Waals surface area contributed by atoms with Crippen molar-refractivity contribution in [3.63, 3.8) is 0 Å². The van der Waals surface area contributed by atoms with Crippen molar-refractivity contribution in [1.82, 2.24) is 0 Å². The molecule has 1 heterocycles. The third-order valence-corrected chi connectivity index (χ3v) is 5.03. The molecular formula is C14H13Br2NO3S. The third-order valence-electron chi connectivity index (χ3n) is 2.69. The number of benzene rings is 1. The number of aliphatic hydroxyl groups excluding tert-OH is 1. The van der Waals surface area contributed by atoms with Crippen LogP contribution >= 0.6 is 43.2 Å². The standard InChI is InChI=1S/C14H13Br2NO3S/c1-2-20-11-4-3-9(5-8(11)7-18)17-14(19)10-6-12(15)21-13(10)16/h3-6,18H,2,7H2,1H3,(H,17,19). The Morgan fingerprint density at radius 3 is 2.71 bits per heavy atom. The molecule has 0 saturated carbocycles. The quantitative estimate of drug-likeness (QED) is 0.732. The Labute approximate surface area is 143 Å². The molecule has 112 valence electrons. The summed E-state index contributed by atoms with van der Waals surface area (Å²) in [6, 6.07) is 6.95. The predicted molar refractivity (Wildman–Crippen MR) is 91.2 cm³/mol. The highest BCUT2D eigenvalue weighted by Crippen LogP contribution is 2.32. The zero-order valence-corrected chi connectivity index (χ0v) is 15.1. The molecule has 1 aromatic carbocycles. The lowest BCUT2D eigenvalue weighted by Gasteiger charge is -2.11. The monoisotopic (exact) mass is 433 g/mol. The van der Waals surface area contributed by atoms with Crippen molar-refractivity contribution in [1.29, 1.82) is 0 Å². The van der Waals surface area contributed by atoms with Crippen LogP contribution < -0.4 is 10.1 Å². The molecule has 21 heavy (non-hydrogen) atoms. The van der Waals surface area contributed by atoms with E-state index in [4.69, 9.17) is 4.74 Å². The molecule has 0 atom stereocenters. The Bertz CT molecular complexity index is 658. The first kappa shape index (κ1) is 16.5. The molecule has 0 bridgehead atoms. The normalized spacial score (nSPS) is 10.5. The number of anilines is 1. The summed E-state index contributed by atoms with van der Waals surface area (Å²) >= 11 is 8.14. The molecule has 1 aromatic heterocycles. The second-order valence-electron chi connectivity index (χ2n) is 4.11. The van der Waals surface area contributed by atoms with Gasteiger partial charge in [0.05, 0.1) is 26.4 Å². The summed E-state index contributed by atoms with van der Waals surface area (Å²) in [5, 5.41) is 12.2. The van der Waals surface area contributed by atoms with Crippen LogP contribution in [0.4, 0.5) is 5.69 Å². The van der Waals surface area contributed by atoms with Gasteiger partial charge in [-0.2, -0.15) is 0 Å². The number of hydrogen-bond acceptors (Lipinski definition) is 4. The first-order valence-corrected chi connectivity index (χ1v) is 8.58. The predicted octanol–water partition coefficient (Wildman–Crippen LogP) is 4.42. The van der Waals surface area contributed by atoms with Crippen LogP contribution in [0.25, 0.3) is 0 Å². The lowest BCUT2D eigenvalue weighted by Crippen LogP contribution is -2.11. The summed E-state index contributed by atoms with van der Waals surface area (Å²) in [4.78, 5) is 12.2. The third kappa shape index (κ3) is 4.06. The number of carbonyl (C=O) groups excluding carboxylic acids is 1. The fourth-order valence-corrected chi connectivity index (χ4v) is 4.56. The molecular weight excluding hydrogens is 422 g/mol. The minimum atomic E-state index is -0.211. The second-order valence-corrected chi connectivity index (χ2v) is 7.85. The van der Waals surface area contributed by atoms with E-state index in [1.54, 1.807) is 24.3 Å². The number of nitrogens with one attached hydrogen (secondary N) is 1. The van der Waals surface area contributed by atoms with Gasteiger partial charge < -0.3 is 15.2 Å². The Morgan fingerprint density at radius 2 is 2.14 bits per heavy atom. The highest BCUT2D eigenvalue weighted by atomic mass is 79.9. The number of rotatable bonds is 5. The maximum absolute atomic E-state index is 12.2. The Morgan fingerprint density at radius 1 is 1.38 bits per heavy atom. The lowest BCUT2D eigenvalue weighted by atomic mass is 10.2. The van der Waals surface area contributed by atoms with Gasteiger partial charge >= 0.3 is 0 Å². The number of aliphatic hydroxyl groups is 1. The van der Waals surface area contributed by atoms with Crippen molar-refractivity contribution in [3.8, 4) is 5.75 Å². The smallest absolute Gasteiger partial charge is 0.257 e. The average Bonchev–Trinajstić information content (AvgIpc) is 2.79. The van der Waals surface area contributed by atoms with E-state index >= 15 is 0 Å². The molecule has 2 aromatic rings. The first-order valence-electron chi connectivity index (χ1n) is 6.18. The SMILES string of the molecule is CCOc1ccc(NC(=O)c2cc(Br)sc2Br)cc1CO. The molecule has 2 N–H and O–H groups in total. The van der Waals surface area contributed by atoms with Gasteiger partial charge in [-0.15, -0.1) is 11.3 Å². The summed E-state index contributed by atoms with van der Waals surface area (Å²) < 4.78 is 7.05. The van der Waals surface area contributed by atoms with Crippen LogP contribution in [0, 0.1) is 0 Å². The molecule has 4 nitrogen and oxygen atoms in total. The maximum Gasteiger partial charge on any atom is 0.257 e. The summed E-state index contributed by atoms with van der Waals surface area (Å²) in [7, 11) is 0. The van der Waals surface area contributed by atoms with Crippen molar-refractivity contribution < 1.29 is 14.6 Å². The minimum absolute atomic E-state index is 0.146. The fourth-order valence-electron chi connectivity index (χ4n) is 1.77. The summed E-state index contributed by atoms with van der Waals surface area (Å²) in [6.45, 7) is 2.25. The van der Waals surface area contributed by atoms with E-state index in [2.05, 4.69) is 37.2 Å². The van der Waals surface area contributed by atoms with Crippen molar-refractivity contribution in [3.05, 3.63) is 43.0 Å². The van der Waals surface area contributed by atoms with E-state index in [1.807, 2.05) is 6.92 Å². The Kier molecular flexibility index (Phi) is 5.80. The van der Waals surface area contributed by atoms with Gasteiger partial charge in [0.25, 0.3) is 5.91 Å². The Balaban J connectivity index is 2.19. The van der Waals surface area contributed by atoms with E-state index in [1.165, 1.54) is 11.3 Å². The number of hydrogen-bond donors (Lipinski definition) is 2. The molecule has 0 aliphatic heterocycles. The molecule has 0 aliphatic carbocycles. The summed E-state index contributed by atoms with van der Waals surface area (Å²) in [5.74, 6) is 0.411. The summed E-state index contributed by atoms with van der Waals surface area (Å²) in [5.41, 5.74) is 1.81. The van der Waals surface area contributed by atoms with Crippen LogP contribution in [0.5, 0.6) is 5.75 Å². The van der Waals surface area contributed by atoms with Crippen LogP contribution in [-0.2, 0) is 6.61 Å². The molecule has 0 saturated heterocycles. The van der Waals surface area contributed by atoms with Gasteiger partial charge in [0.15, 0.2) is 0 Å². The van der Waals surface area contributed by atoms with Gasteiger partial charge in [-0.05, 0) is 63.0 Å². The van der Waals surface area contributed by atoms with Crippen molar-refractivity contribution >= 4 is 54.8 Å². The van der Waals surface area contributed by atoms with Gasteiger partial charge in [-0.25, -0.2) is 0 Å². The molecule has 7 heteroatoms. The van der Waals surface area contributed by atoms with Gasteiger partial charge in [-0.1, -0.05) is 0 Å². The van der Waals surface area contributed by atoms with Crippen molar-refractivity contribution in [2.45, 2.75) is 13.5 Å². The molecule has 0 spiro atoms. The molecule has 2 rings (SSSR count). The van der Waals surface area contributed by atoms with Gasteiger partial charge in [0.2, 0.25) is 0 Å². The highest BCUT2D eigenvalue weighted by Gasteiger charge is 2.14. The van der Waals surface area contributed by atoms with Crippen LogP contribution in [-0.4, -0.2) is 17.6 Å². The zero-order chi connectivity index (χ0) is 15.4. The van der Waals surface area contributed by atoms with E-state index in [0.717, 1.165) is 7.57 Å². The number of thiophene rings is 1. The largest absolute Gasteiger partial charge is 0.494 e. The van der Waals surface area contributed by atoms with E-state index < -0.39 is 0 Å². The molecule has 0 unspecified atom stereocenters. The number of carbonyl (C=O) groups is 1. The van der Waals surface area contributed by atoms with Crippen LogP contribution in [0.2, 0.25) is 0 Å². The van der Waals surface area contributed by atoms with Crippen LogP contribution in [0.1, 0.15) is 22.8 Å². The van der Waals surface area contributed by atoms with Crippen molar-refractivity contribution in [2.75, 3.05) is 11.9 Å². The van der Waals surface area contributed by atoms with Gasteiger partial charge in [-0.3, -0.25) is 4.79 Å². The number of halogens is 2. The van der Waals surface area contributed by atoms with Gasteiger partial charge in [0, 0.05) is 11.3 Å². The summed E-state index contributed by atoms with van der Waals surface area (Å²) in [6.07, 6.45) is 0.